The molecule has 2 rings (SSSR count). The molecule has 130 valence electrons. The van der Waals surface area contributed by atoms with Crippen LogP contribution in [0.1, 0.15) is 17.2 Å². The fourth-order valence-electron chi connectivity index (χ4n) is 2.75. The fraction of sp³-hybridized carbons (Fsp3) is 0.571. The molecule has 1 fully saturated rings. The number of aliphatic hydroxyl groups excluding tert-OH is 1. The molecular formula is C14H16ClF5N2O. The number of alkyl halides is 5. The Labute approximate surface area is 135 Å². The third-order valence-corrected chi connectivity index (χ3v) is 4.09. The third kappa shape index (κ3) is 3.93. The van der Waals surface area contributed by atoms with E-state index in [1.165, 1.54) is 4.90 Å². The van der Waals surface area contributed by atoms with Crippen LogP contribution < -0.4 is 5.32 Å². The van der Waals surface area contributed by atoms with Gasteiger partial charge in [0.25, 0.3) is 5.92 Å². The van der Waals surface area contributed by atoms with Crippen molar-refractivity contribution in [1.82, 2.24) is 10.2 Å². The van der Waals surface area contributed by atoms with E-state index in [-0.39, 0.29) is 13.1 Å². The van der Waals surface area contributed by atoms with Crippen LogP contribution in [0.25, 0.3) is 0 Å². The van der Waals surface area contributed by atoms with Crippen molar-refractivity contribution in [2.75, 3.05) is 32.8 Å². The molecule has 1 aromatic rings. The van der Waals surface area contributed by atoms with E-state index < -0.39 is 40.9 Å². The van der Waals surface area contributed by atoms with E-state index in [1.807, 2.05) is 0 Å². The zero-order valence-electron chi connectivity index (χ0n) is 12.0. The summed E-state index contributed by atoms with van der Waals surface area (Å²) in [6, 6.07) is 0.999. The molecule has 1 aliphatic heterocycles. The molecular weight excluding hydrogens is 343 g/mol. The molecule has 0 spiro atoms. The van der Waals surface area contributed by atoms with Crippen LogP contribution in [-0.4, -0.2) is 48.7 Å². The van der Waals surface area contributed by atoms with Gasteiger partial charge in [0.1, 0.15) is 12.6 Å². The molecule has 1 atom stereocenters. The van der Waals surface area contributed by atoms with Gasteiger partial charge in [-0.25, -0.2) is 8.78 Å². The van der Waals surface area contributed by atoms with Crippen LogP contribution in [0.3, 0.4) is 0 Å². The number of aliphatic hydroxyl groups is 1. The Morgan fingerprint density at radius 3 is 2.30 bits per heavy atom. The van der Waals surface area contributed by atoms with Crippen molar-refractivity contribution in [2.24, 2.45) is 0 Å². The molecule has 1 heterocycles. The van der Waals surface area contributed by atoms with Crippen LogP contribution >= 0.6 is 11.6 Å². The van der Waals surface area contributed by atoms with Gasteiger partial charge in [-0.2, -0.15) is 13.2 Å². The number of nitrogens with one attached hydrogen (secondary N) is 1. The predicted octanol–water partition coefficient (Wildman–Crippen LogP) is 2.93. The standard InChI is InChI=1S/C14H16ClF5N2O/c15-10-3-1-2-9(14(18,19)20)11(10)12(13(16,17)8-23)22-6-4-21-5-7-22/h1-3,12,21,23H,4-8H2/t12-/m1/s1. The summed E-state index contributed by atoms with van der Waals surface area (Å²) in [5, 5.41) is 11.6. The van der Waals surface area contributed by atoms with Gasteiger partial charge in [0.15, 0.2) is 0 Å². The molecule has 1 aromatic carbocycles. The first-order valence-electron chi connectivity index (χ1n) is 6.97. The van der Waals surface area contributed by atoms with E-state index in [9.17, 15) is 22.0 Å². The minimum Gasteiger partial charge on any atom is -0.390 e. The monoisotopic (exact) mass is 358 g/mol. The van der Waals surface area contributed by atoms with Gasteiger partial charge in [0.2, 0.25) is 0 Å². The van der Waals surface area contributed by atoms with Gasteiger partial charge in [0.05, 0.1) is 5.56 Å². The third-order valence-electron chi connectivity index (χ3n) is 3.76. The van der Waals surface area contributed by atoms with Crippen LogP contribution in [-0.2, 0) is 6.18 Å². The second-order valence-corrected chi connectivity index (χ2v) is 5.71. The lowest BCUT2D eigenvalue weighted by molar-refractivity contribution is -0.145. The zero-order chi connectivity index (χ0) is 17.3. The van der Waals surface area contributed by atoms with E-state index in [0.717, 1.165) is 18.2 Å². The summed E-state index contributed by atoms with van der Waals surface area (Å²) in [5.41, 5.74) is -1.90. The average Bonchev–Trinajstić information content (AvgIpc) is 2.49. The molecule has 0 amide bonds. The Hall–Kier alpha value is -0.960. The van der Waals surface area contributed by atoms with Gasteiger partial charge >= 0.3 is 6.18 Å². The summed E-state index contributed by atoms with van der Waals surface area (Å²) in [7, 11) is 0. The van der Waals surface area contributed by atoms with Gasteiger partial charge < -0.3 is 10.4 Å². The van der Waals surface area contributed by atoms with Crippen LogP contribution in [0.4, 0.5) is 22.0 Å². The molecule has 9 heteroatoms. The largest absolute Gasteiger partial charge is 0.416 e. The SMILES string of the molecule is OCC(F)(F)[C@@H](c1c(Cl)cccc1C(F)(F)F)N1CCNCC1. The zero-order valence-corrected chi connectivity index (χ0v) is 12.8. The van der Waals surface area contributed by atoms with Gasteiger partial charge in [-0.1, -0.05) is 17.7 Å². The lowest BCUT2D eigenvalue weighted by Crippen LogP contribution is -2.51. The molecule has 0 saturated carbocycles. The van der Waals surface area contributed by atoms with Crippen molar-refractivity contribution < 1.29 is 27.1 Å². The Kier molecular flexibility index (Phi) is 5.50. The lowest BCUT2D eigenvalue weighted by atomic mass is 9.93. The van der Waals surface area contributed by atoms with E-state index in [2.05, 4.69) is 5.32 Å². The highest BCUT2D eigenvalue weighted by molar-refractivity contribution is 6.31. The number of hydrogen-bond donors (Lipinski definition) is 2. The topological polar surface area (TPSA) is 35.5 Å². The van der Waals surface area contributed by atoms with E-state index in [4.69, 9.17) is 16.7 Å². The summed E-state index contributed by atoms with van der Waals surface area (Å²) in [6.45, 7) is -0.580. The van der Waals surface area contributed by atoms with E-state index >= 15 is 0 Å². The maximum absolute atomic E-state index is 14.3. The molecule has 3 nitrogen and oxygen atoms in total. The summed E-state index contributed by atoms with van der Waals surface area (Å²) < 4.78 is 68.3. The van der Waals surface area contributed by atoms with Crippen LogP contribution in [0.5, 0.6) is 0 Å². The first-order chi connectivity index (χ1) is 10.7. The number of rotatable bonds is 4. The van der Waals surface area contributed by atoms with E-state index in [1.54, 1.807) is 0 Å². The van der Waals surface area contributed by atoms with Gasteiger partial charge in [-0.05, 0) is 12.1 Å². The number of hydrogen-bond acceptors (Lipinski definition) is 3. The average molecular weight is 359 g/mol. The van der Waals surface area contributed by atoms with Crippen molar-refractivity contribution in [3.8, 4) is 0 Å². The van der Waals surface area contributed by atoms with Crippen LogP contribution in [0.15, 0.2) is 18.2 Å². The lowest BCUT2D eigenvalue weighted by Gasteiger charge is -2.40. The molecule has 2 N–H and O–H groups in total. The summed E-state index contributed by atoms with van der Waals surface area (Å²) >= 11 is 5.86. The summed E-state index contributed by atoms with van der Waals surface area (Å²) in [4.78, 5) is 1.23. The van der Waals surface area contributed by atoms with Crippen molar-refractivity contribution in [1.29, 1.82) is 0 Å². The molecule has 0 unspecified atom stereocenters. The number of halogens is 6. The molecule has 1 saturated heterocycles. The summed E-state index contributed by atoms with van der Waals surface area (Å²) in [6.07, 6.45) is -4.82. The molecule has 23 heavy (non-hydrogen) atoms. The highest BCUT2D eigenvalue weighted by Crippen LogP contribution is 2.45. The first-order valence-corrected chi connectivity index (χ1v) is 7.35. The smallest absolute Gasteiger partial charge is 0.390 e. The maximum Gasteiger partial charge on any atom is 0.416 e. The van der Waals surface area contributed by atoms with Crippen molar-refractivity contribution in [3.05, 3.63) is 34.3 Å². The van der Waals surface area contributed by atoms with Gasteiger partial charge in [-0.15, -0.1) is 0 Å². The Morgan fingerprint density at radius 2 is 1.78 bits per heavy atom. The first kappa shape index (κ1) is 18.4. The van der Waals surface area contributed by atoms with Crippen molar-refractivity contribution in [2.45, 2.75) is 18.1 Å². The van der Waals surface area contributed by atoms with Crippen molar-refractivity contribution in [3.63, 3.8) is 0 Å². The minimum absolute atomic E-state index is 0.128. The second-order valence-electron chi connectivity index (χ2n) is 5.31. The normalized spacial score (nSPS) is 18.9. The van der Waals surface area contributed by atoms with Gasteiger partial charge in [0, 0.05) is 36.8 Å². The van der Waals surface area contributed by atoms with Gasteiger partial charge in [-0.3, -0.25) is 4.90 Å². The number of benzene rings is 1. The summed E-state index contributed by atoms with van der Waals surface area (Å²) in [5.74, 6) is -3.76. The molecule has 0 bridgehead atoms. The highest BCUT2D eigenvalue weighted by atomic mass is 35.5. The van der Waals surface area contributed by atoms with Crippen LogP contribution in [0, 0.1) is 0 Å². The van der Waals surface area contributed by atoms with Crippen LogP contribution in [0.2, 0.25) is 5.02 Å². The predicted molar refractivity (Wildman–Crippen MR) is 75.7 cm³/mol. The maximum atomic E-state index is 14.3. The highest BCUT2D eigenvalue weighted by Gasteiger charge is 2.48. The molecule has 0 aliphatic carbocycles. The molecule has 0 radical (unpaired) electrons. The minimum atomic E-state index is -4.82. The quantitative estimate of drug-likeness (QED) is 0.812. The second kappa shape index (κ2) is 6.88. The molecule has 0 aromatic heterocycles. The molecule has 1 aliphatic rings. The Bertz CT molecular complexity index is 546. The number of piperazine rings is 1. The Morgan fingerprint density at radius 1 is 1.17 bits per heavy atom. The van der Waals surface area contributed by atoms with Crippen molar-refractivity contribution >= 4 is 11.6 Å². The fourth-order valence-corrected chi connectivity index (χ4v) is 3.03. The Balaban J connectivity index is 2.60. The van der Waals surface area contributed by atoms with E-state index in [0.29, 0.717) is 13.1 Å². The number of nitrogens with zero attached hydrogens (tertiary/aromatic N) is 1.